The third-order valence-electron chi connectivity index (χ3n) is 3.74. The molecule has 1 N–H and O–H groups in total. The van der Waals surface area contributed by atoms with Crippen molar-refractivity contribution in [2.45, 2.75) is 25.2 Å². The predicted octanol–water partition coefficient (Wildman–Crippen LogP) is 2.42. The van der Waals surface area contributed by atoms with E-state index < -0.39 is 36.2 Å². The number of nitrogens with one attached hydrogen (secondary N) is 1. The monoisotopic (exact) mass is 315 g/mol. The number of carbonyl (C=O) groups is 1. The Balaban J connectivity index is 1.91. The van der Waals surface area contributed by atoms with Gasteiger partial charge in [-0.25, -0.2) is 23.0 Å². The molecule has 0 aliphatic carbocycles. The molecule has 1 amide bonds. The summed E-state index contributed by atoms with van der Waals surface area (Å²) >= 11 is 0. The molecule has 118 valence electrons. The van der Waals surface area contributed by atoms with Gasteiger partial charge in [0.05, 0.1) is 12.3 Å². The van der Waals surface area contributed by atoms with E-state index in [0.717, 1.165) is 17.0 Å². The van der Waals surface area contributed by atoms with Crippen LogP contribution in [0.25, 0.3) is 0 Å². The molecule has 0 aromatic heterocycles. The minimum atomic E-state index is -2.94. The number of benzene rings is 1. The quantitative estimate of drug-likeness (QED) is 0.852. The molecule has 0 spiro atoms. The Labute approximate surface area is 123 Å². The van der Waals surface area contributed by atoms with Crippen molar-refractivity contribution in [1.29, 1.82) is 0 Å². The van der Waals surface area contributed by atoms with Crippen LogP contribution < -0.4 is 10.3 Å². The first-order valence-corrected chi connectivity index (χ1v) is 6.83. The van der Waals surface area contributed by atoms with Gasteiger partial charge in [-0.2, -0.15) is 5.10 Å². The summed E-state index contributed by atoms with van der Waals surface area (Å²) in [6, 6.07) is 2.12. The zero-order valence-corrected chi connectivity index (χ0v) is 11.5. The van der Waals surface area contributed by atoms with E-state index in [1.807, 2.05) is 0 Å². The van der Waals surface area contributed by atoms with E-state index in [0.29, 0.717) is 5.71 Å². The number of carbonyl (C=O) groups excluding carboxylic acids is 1. The average molecular weight is 315 g/mol. The SMILES string of the molecule is O=C1CCC(c2cc(F)c(N3CCC(F)(F)C3)c(F)c2)=NN1. The summed E-state index contributed by atoms with van der Waals surface area (Å²) in [5.74, 6) is -5.02. The van der Waals surface area contributed by atoms with Crippen LogP contribution in [0, 0.1) is 11.6 Å². The first-order valence-electron chi connectivity index (χ1n) is 6.83. The molecule has 0 atom stereocenters. The van der Waals surface area contributed by atoms with Crippen LogP contribution in [0.3, 0.4) is 0 Å². The highest BCUT2D eigenvalue weighted by Gasteiger charge is 2.40. The smallest absolute Gasteiger partial charge is 0.266 e. The van der Waals surface area contributed by atoms with Gasteiger partial charge in [0.15, 0.2) is 0 Å². The average Bonchev–Trinajstić information content (AvgIpc) is 2.78. The van der Waals surface area contributed by atoms with Crippen molar-refractivity contribution in [1.82, 2.24) is 5.43 Å². The molecule has 1 aromatic carbocycles. The Morgan fingerprint density at radius 3 is 2.36 bits per heavy atom. The maximum Gasteiger partial charge on any atom is 0.266 e. The first kappa shape index (κ1) is 14.8. The molecule has 1 aromatic rings. The summed E-state index contributed by atoms with van der Waals surface area (Å²) in [6.07, 6.45) is 0.0282. The molecule has 3 rings (SSSR count). The molecule has 2 aliphatic heterocycles. The molecule has 4 nitrogen and oxygen atoms in total. The van der Waals surface area contributed by atoms with Gasteiger partial charge in [-0.1, -0.05) is 0 Å². The number of hydrogen-bond donors (Lipinski definition) is 1. The second-order valence-corrected chi connectivity index (χ2v) is 5.41. The highest BCUT2D eigenvalue weighted by atomic mass is 19.3. The number of alkyl halides is 2. The summed E-state index contributed by atoms with van der Waals surface area (Å²) in [5.41, 5.74) is 2.36. The Bertz CT molecular complexity index is 636. The van der Waals surface area contributed by atoms with Crippen LogP contribution in [0.15, 0.2) is 17.2 Å². The zero-order chi connectivity index (χ0) is 15.9. The van der Waals surface area contributed by atoms with Crippen molar-refractivity contribution in [3.63, 3.8) is 0 Å². The van der Waals surface area contributed by atoms with Crippen LogP contribution in [0.1, 0.15) is 24.8 Å². The zero-order valence-electron chi connectivity index (χ0n) is 11.5. The van der Waals surface area contributed by atoms with Crippen molar-refractivity contribution in [3.05, 3.63) is 29.3 Å². The maximum absolute atomic E-state index is 14.2. The van der Waals surface area contributed by atoms with Gasteiger partial charge in [-0.05, 0) is 12.1 Å². The fourth-order valence-electron chi connectivity index (χ4n) is 2.64. The Hall–Kier alpha value is -2.12. The van der Waals surface area contributed by atoms with Gasteiger partial charge in [-0.15, -0.1) is 0 Å². The van der Waals surface area contributed by atoms with Gasteiger partial charge in [0.25, 0.3) is 5.92 Å². The largest absolute Gasteiger partial charge is 0.361 e. The Kier molecular flexibility index (Phi) is 3.54. The molecule has 1 fully saturated rings. The Morgan fingerprint density at radius 2 is 1.86 bits per heavy atom. The second-order valence-electron chi connectivity index (χ2n) is 5.41. The number of anilines is 1. The van der Waals surface area contributed by atoms with Crippen LogP contribution >= 0.6 is 0 Å². The molecule has 8 heteroatoms. The van der Waals surface area contributed by atoms with Crippen molar-refractivity contribution >= 4 is 17.3 Å². The molecule has 0 unspecified atom stereocenters. The molecular weight excluding hydrogens is 302 g/mol. The third kappa shape index (κ3) is 2.77. The Morgan fingerprint density at radius 1 is 1.18 bits per heavy atom. The number of hydrogen-bond acceptors (Lipinski definition) is 3. The van der Waals surface area contributed by atoms with E-state index in [4.69, 9.17) is 0 Å². The van der Waals surface area contributed by atoms with E-state index in [2.05, 4.69) is 10.5 Å². The van der Waals surface area contributed by atoms with Crippen LogP contribution in [0.5, 0.6) is 0 Å². The standard InChI is InChI=1S/C14H13F4N3O/c15-9-5-8(11-1-2-12(22)20-19-11)6-10(16)13(9)21-4-3-14(17,18)7-21/h5-6H,1-4,7H2,(H,20,22). The molecule has 2 heterocycles. The van der Waals surface area contributed by atoms with E-state index in [-0.39, 0.29) is 30.9 Å². The van der Waals surface area contributed by atoms with E-state index in [1.165, 1.54) is 0 Å². The van der Waals surface area contributed by atoms with Crippen LogP contribution in [0.2, 0.25) is 0 Å². The summed E-state index contributed by atoms with van der Waals surface area (Å²) in [5, 5.41) is 3.76. The first-order chi connectivity index (χ1) is 10.4. The topological polar surface area (TPSA) is 44.7 Å². The lowest BCUT2D eigenvalue weighted by Gasteiger charge is -2.21. The number of halogens is 4. The fourth-order valence-corrected chi connectivity index (χ4v) is 2.64. The molecule has 0 saturated carbocycles. The molecule has 0 radical (unpaired) electrons. The van der Waals surface area contributed by atoms with Gasteiger partial charge in [0.1, 0.15) is 17.3 Å². The second kappa shape index (κ2) is 5.26. The van der Waals surface area contributed by atoms with Gasteiger partial charge in [0.2, 0.25) is 5.91 Å². The molecule has 1 saturated heterocycles. The van der Waals surface area contributed by atoms with Gasteiger partial charge >= 0.3 is 0 Å². The summed E-state index contributed by atoms with van der Waals surface area (Å²) in [4.78, 5) is 12.0. The van der Waals surface area contributed by atoms with Crippen molar-refractivity contribution in [2.24, 2.45) is 5.10 Å². The highest BCUT2D eigenvalue weighted by molar-refractivity contribution is 6.04. The lowest BCUT2D eigenvalue weighted by Crippen LogP contribution is -2.28. The summed E-state index contributed by atoms with van der Waals surface area (Å²) in [6.45, 7) is -0.797. The van der Waals surface area contributed by atoms with E-state index in [1.54, 1.807) is 0 Å². The fraction of sp³-hybridized carbons (Fsp3) is 0.429. The minimum Gasteiger partial charge on any atom is -0.361 e. The number of hydrazone groups is 1. The van der Waals surface area contributed by atoms with E-state index >= 15 is 0 Å². The maximum atomic E-state index is 14.2. The third-order valence-corrected chi connectivity index (χ3v) is 3.74. The van der Waals surface area contributed by atoms with Crippen molar-refractivity contribution < 1.29 is 22.4 Å². The van der Waals surface area contributed by atoms with Crippen molar-refractivity contribution in [3.8, 4) is 0 Å². The lowest BCUT2D eigenvalue weighted by atomic mass is 10.0. The molecule has 0 bridgehead atoms. The molecular formula is C14H13F4N3O. The van der Waals surface area contributed by atoms with Crippen LogP contribution in [-0.4, -0.2) is 30.6 Å². The highest BCUT2D eigenvalue weighted by Crippen LogP contribution is 2.34. The van der Waals surface area contributed by atoms with Crippen LogP contribution in [-0.2, 0) is 4.79 Å². The number of rotatable bonds is 2. The number of nitrogens with zero attached hydrogens (tertiary/aromatic N) is 2. The lowest BCUT2D eigenvalue weighted by molar-refractivity contribution is -0.121. The minimum absolute atomic E-state index is 0.100. The van der Waals surface area contributed by atoms with Crippen molar-refractivity contribution in [2.75, 3.05) is 18.0 Å². The predicted molar refractivity (Wildman–Crippen MR) is 72.0 cm³/mol. The molecule has 22 heavy (non-hydrogen) atoms. The van der Waals surface area contributed by atoms with Gasteiger partial charge in [0, 0.05) is 31.4 Å². The summed E-state index contributed by atoms with van der Waals surface area (Å²) < 4.78 is 54.8. The van der Waals surface area contributed by atoms with E-state index in [9.17, 15) is 22.4 Å². The number of amides is 1. The summed E-state index contributed by atoms with van der Waals surface area (Å²) in [7, 11) is 0. The van der Waals surface area contributed by atoms with Crippen LogP contribution in [0.4, 0.5) is 23.2 Å². The van der Waals surface area contributed by atoms with Gasteiger partial charge < -0.3 is 4.90 Å². The van der Waals surface area contributed by atoms with Gasteiger partial charge in [-0.3, -0.25) is 4.79 Å². The normalized spacial score (nSPS) is 20.8. The molecule has 2 aliphatic rings.